The maximum absolute atomic E-state index is 12.8. The van der Waals surface area contributed by atoms with Crippen LogP contribution < -0.4 is 5.32 Å². The summed E-state index contributed by atoms with van der Waals surface area (Å²) in [4.78, 5) is 14.5. The number of hydrogen-bond donors (Lipinski definition) is 1. The summed E-state index contributed by atoms with van der Waals surface area (Å²) in [6.07, 6.45) is 0. The van der Waals surface area contributed by atoms with E-state index >= 15 is 0 Å². The standard InChI is InChI=1S/C11H14F2N2O/c1-6(2)7(3)14-11(16)8-4-9(12)15-10(13)5-8/h4-7H,1-3H3,(H,14,16)/t7-/m0/s1. The van der Waals surface area contributed by atoms with Crippen LogP contribution in [0.15, 0.2) is 12.1 Å². The van der Waals surface area contributed by atoms with Crippen LogP contribution in [0.1, 0.15) is 31.1 Å². The molecule has 1 aromatic rings. The lowest BCUT2D eigenvalue weighted by molar-refractivity contribution is 0.0929. The molecule has 0 saturated carbocycles. The smallest absolute Gasteiger partial charge is 0.251 e. The lowest BCUT2D eigenvalue weighted by Gasteiger charge is -2.17. The highest BCUT2D eigenvalue weighted by atomic mass is 19.1. The van der Waals surface area contributed by atoms with E-state index in [1.165, 1.54) is 0 Å². The predicted molar refractivity (Wildman–Crippen MR) is 55.9 cm³/mol. The molecule has 0 radical (unpaired) electrons. The summed E-state index contributed by atoms with van der Waals surface area (Å²) in [5.41, 5.74) is -0.0579. The molecule has 0 aliphatic carbocycles. The Morgan fingerprint density at radius 1 is 1.25 bits per heavy atom. The van der Waals surface area contributed by atoms with Crippen molar-refractivity contribution in [3.63, 3.8) is 0 Å². The normalized spacial score (nSPS) is 12.6. The summed E-state index contributed by atoms with van der Waals surface area (Å²) in [6, 6.07) is 1.75. The molecular formula is C11H14F2N2O. The van der Waals surface area contributed by atoms with Gasteiger partial charge in [0.25, 0.3) is 5.91 Å². The lowest BCUT2D eigenvalue weighted by Crippen LogP contribution is -2.36. The summed E-state index contributed by atoms with van der Waals surface area (Å²) in [5, 5.41) is 2.65. The zero-order chi connectivity index (χ0) is 12.3. The van der Waals surface area contributed by atoms with Crippen LogP contribution in [-0.4, -0.2) is 16.9 Å². The van der Waals surface area contributed by atoms with Gasteiger partial charge in [0.1, 0.15) is 0 Å². The van der Waals surface area contributed by atoms with Crippen molar-refractivity contribution in [1.82, 2.24) is 10.3 Å². The van der Waals surface area contributed by atoms with Crippen LogP contribution in [0.3, 0.4) is 0 Å². The third-order valence-corrected chi connectivity index (χ3v) is 2.38. The Balaban J connectivity index is 2.80. The molecule has 88 valence electrons. The fraction of sp³-hybridized carbons (Fsp3) is 0.455. The van der Waals surface area contributed by atoms with Gasteiger partial charge >= 0.3 is 0 Å². The molecule has 16 heavy (non-hydrogen) atoms. The Morgan fingerprint density at radius 2 is 1.75 bits per heavy atom. The number of amides is 1. The Labute approximate surface area is 92.9 Å². The molecule has 0 bridgehead atoms. The first-order chi connectivity index (χ1) is 7.40. The van der Waals surface area contributed by atoms with Crippen LogP contribution in [0.5, 0.6) is 0 Å². The zero-order valence-corrected chi connectivity index (χ0v) is 9.42. The van der Waals surface area contributed by atoms with E-state index < -0.39 is 17.8 Å². The van der Waals surface area contributed by atoms with Crippen LogP contribution in [0.2, 0.25) is 0 Å². The van der Waals surface area contributed by atoms with Gasteiger partial charge in [-0.2, -0.15) is 13.8 Å². The molecule has 0 unspecified atom stereocenters. The highest BCUT2D eigenvalue weighted by molar-refractivity contribution is 5.94. The predicted octanol–water partition coefficient (Wildman–Crippen LogP) is 2.13. The van der Waals surface area contributed by atoms with Gasteiger partial charge in [-0.15, -0.1) is 0 Å². The minimum absolute atomic E-state index is 0.0579. The number of pyridine rings is 1. The lowest BCUT2D eigenvalue weighted by atomic mass is 10.1. The number of halogens is 2. The molecule has 1 atom stereocenters. The number of hydrogen-bond acceptors (Lipinski definition) is 2. The van der Waals surface area contributed by atoms with E-state index in [0.29, 0.717) is 0 Å². The third kappa shape index (κ3) is 3.25. The highest BCUT2D eigenvalue weighted by Crippen LogP contribution is 2.06. The minimum atomic E-state index is -0.998. The van der Waals surface area contributed by atoms with E-state index in [1.54, 1.807) is 0 Å². The van der Waals surface area contributed by atoms with Crippen LogP contribution in [0.4, 0.5) is 8.78 Å². The largest absolute Gasteiger partial charge is 0.349 e. The molecule has 0 aromatic carbocycles. The van der Waals surface area contributed by atoms with Gasteiger partial charge in [-0.25, -0.2) is 0 Å². The van der Waals surface area contributed by atoms with Crippen LogP contribution in [0.25, 0.3) is 0 Å². The molecule has 3 nitrogen and oxygen atoms in total. The molecule has 1 heterocycles. The summed E-state index contributed by atoms with van der Waals surface area (Å²) in [6.45, 7) is 5.72. The van der Waals surface area contributed by atoms with E-state index in [4.69, 9.17) is 0 Å². The van der Waals surface area contributed by atoms with E-state index in [2.05, 4.69) is 10.3 Å². The minimum Gasteiger partial charge on any atom is -0.349 e. The highest BCUT2D eigenvalue weighted by Gasteiger charge is 2.14. The molecular weight excluding hydrogens is 214 g/mol. The molecule has 0 aliphatic heterocycles. The van der Waals surface area contributed by atoms with Crippen molar-refractivity contribution in [3.8, 4) is 0 Å². The average Bonchev–Trinajstić information content (AvgIpc) is 2.15. The molecule has 1 rings (SSSR count). The van der Waals surface area contributed by atoms with E-state index in [-0.39, 0.29) is 17.5 Å². The molecule has 5 heteroatoms. The zero-order valence-electron chi connectivity index (χ0n) is 9.42. The van der Waals surface area contributed by atoms with Gasteiger partial charge in [-0.05, 0) is 12.8 Å². The van der Waals surface area contributed by atoms with Gasteiger partial charge in [0.2, 0.25) is 11.9 Å². The van der Waals surface area contributed by atoms with Crippen molar-refractivity contribution >= 4 is 5.91 Å². The molecule has 0 fully saturated rings. The van der Waals surface area contributed by atoms with Gasteiger partial charge in [0.05, 0.1) is 0 Å². The number of nitrogens with zero attached hydrogens (tertiary/aromatic N) is 1. The number of rotatable bonds is 3. The van der Waals surface area contributed by atoms with E-state index in [1.807, 2.05) is 20.8 Å². The molecule has 1 amide bonds. The van der Waals surface area contributed by atoms with Crippen molar-refractivity contribution in [1.29, 1.82) is 0 Å². The van der Waals surface area contributed by atoms with Gasteiger partial charge in [0, 0.05) is 23.7 Å². The second-order valence-corrected chi connectivity index (χ2v) is 4.01. The van der Waals surface area contributed by atoms with Crippen molar-refractivity contribution in [2.45, 2.75) is 26.8 Å². The second-order valence-electron chi connectivity index (χ2n) is 4.01. The molecule has 1 aromatic heterocycles. The Hall–Kier alpha value is -1.52. The van der Waals surface area contributed by atoms with E-state index in [9.17, 15) is 13.6 Å². The van der Waals surface area contributed by atoms with Crippen LogP contribution in [-0.2, 0) is 0 Å². The molecule has 0 saturated heterocycles. The maximum Gasteiger partial charge on any atom is 0.251 e. The number of nitrogens with one attached hydrogen (secondary N) is 1. The topological polar surface area (TPSA) is 42.0 Å². The van der Waals surface area contributed by atoms with E-state index in [0.717, 1.165) is 12.1 Å². The van der Waals surface area contributed by atoms with Crippen molar-refractivity contribution < 1.29 is 13.6 Å². The van der Waals surface area contributed by atoms with Crippen molar-refractivity contribution in [2.24, 2.45) is 5.92 Å². The van der Waals surface area contributed by atoms with Crippen molar-refractivity contribution in [3.05, 3.63) is 29.6 Å². The van der Waals surface area contributed by atoms with Gasteiger partial charge in [-0.3, -0.25) is 4.79 Å². The summed E-state index contributed by atoms with van der Waals surface area (Å²) in [5.74, 6) is -2.24. The summed E-state index contributed by atoms with van der Waals surface area (Å²) in [7, 11) is 0. The van der Waals surface area contributed by atoms with Gasteiger partial charge in [-0.1, -0.05) is 13.8 Å². The van der Waals surface area contributed by atoms with Gasteiger partial charge in [0.15, 0.2) is 0 Å². The summed E-state index contributed by atoms with van der Waals surface area (Å²) < 4.78 is 25.5. The Kier molecular flexibility index (Phi) is 3.93. The van der Waals surface area contributed by atoms with Crippen molar-refractivity contribution in [2.75, 3.05) is 0 Å². The second kappa shape index (κ2) is 5.01. The van der Waals surface area contributed by atoms with Crippen LogP contribution >= 0.6 is 0 Å². The first-order valence-electron chi connectivity index (χ1n) is 5.04. The quantitative estimate of drug-likeness (QED) is 0.805. The Morgan fingerprint density at radius 3 is 2.19 bits per heavy atom. The molecule has 0 aliphatic rings. The maximum atomic E-state index is 12.8. The summed E-state index contributed by atoms with van der Waals surface area (Å²) >= 11 is 0. The van der Waals surface area contributed by atoms with Gasteiger partial charge < -0.3 is 5.32 Å². The Bertz CT molecular complexity index is 373. The fourth-order valence-electron chi connectivity index (χ4n) is 1.05. The molecule has 1 N–H and O–H groups in total. The molecule has 0 spiro atoms. The number of carbonyl (C=O) groups excluding carboxylic acids is 1. The monoisotopic (exact) mass is 228 g/mol. The first-order valence-corrected chi connectivity index (χ1v) is 5.04. The average molecular weight is 228 g/mol. The number of carbonyl (C=O) groups is 1. The fourth-order valence-corrected chi connectivity index (χ4v) is 1.05. The third-order valence-electron chi connectivity index (χ3n) is 2.38. The first kappa shape index (κ1) is 12.5. The SMILES string of the molecule is CC(C)[C@H](C)NC(=O)c1cc(F)nc(F)c1. The number of aromatic nitrogens is 1. The van der Waals surface area contributed by atoms with Crippen LogP contribution in [0, 0.1) is 17.8 Å².